The Morgan fingerprint density at radius 1 is 1.07 bits per heavy atom. The Kier molecular flexibility index (Phi) is 8.04. The average molecular weight is 560 g/mol. The number of aryl methyl sites for hydroxylation is 1. The molecule has 0 radical (unpaired) electrons. The van der Waals surface area contributed by atoms with Crippen LogP contribution >= 0.6 is 0 Å². The molecule has 13 nitrogen and oxygen atoms in total. The molecule has 0 unspecified atom stereocenters. The maximum absolute atomic E-state index is 13.9. The number of carboxylic acids is 1. The molecule has 212 valence electrons. The number of carbonyl (C=O) groups is 5. The summed E-state index contributed by atoms with van der Waals surface area (Å²) in [7, 11) is 0. The summed E-state index contributed by atoms with van der Waals surface area (Å²) in [5.74, 6) is -3.16. The number of carbonyl (C=O) groups excluding carboxylic acids is 4. The number of para-hydroxylation sites is 1. The normalized spacial score (nSPS) is 18.1. The molecule has 1 aromatic heterocycles. The highest BCUT2D eigenvalue weighted by molar-refractivity contribution is 6.08. The first-order chi connectivity index (χ1) is 19.8. The number of amides is 4. The van der Waals surface area contributed by atoms with Gasteiger partial charge in [-0.2, -0.15) is 15.4 Å². The number of benzene rings is 2. The highest BCUT2D eigenvalue weighted by Crippen LogP contribution is 2.39. The van der Waals surface area contributed by atoms with Crippen molar-refractivity contribution in [3.8, 4) is 0 Å². The van der Waals surface area contributed by atoms with Crippen LogP contribution in [0.4, 0.5) is 5.69 Å². The molecule has 5 rings (SSSR count). The Morgan fingerprint density at radius 2 is 1.85 bits per heavy atom. The molecule has 3 atom stereocenters. The number of H-pyrrole nitrogens is 1. The average Bonchev–Trinajstić information content (AvgIpc) is 3.61. The summed E-state index contributed by atoms with van der Waals surface area (Å²) in [6.07, 6.45) is 2.02. The summed E-state index contributed by atoms with van der Waals surface area (Å²) >= 11 is 0. The molecular weight excluding hydrogens is 530 g/mol. The third kappa shape index (κ3) is 6.08. The van der Waals surface area contributed by atoms with Crippen molar-refractivity contribution in [1.29, 1.82) is 0 Å². The smallest absolute Gasteiger partial charge is 0.303 e. The predicted octanol–water partition coefficient (Wildman–Crippen LogP) is 0.473. The van der Waals surface area contributed by atoms with Crippen LogP contribution in [-0.4, -0.2) is 68.2 Å². The number of carboxylic acid groups (broad SMARTS) is 1. The van der Waals surface area contributed by atoms with E-state index in [4.69, 9.17) is 0 Å². The lowest BCUT2D eigenvalue weighted by molar-refractivity contribution is -0.137. The minimum Gasteiger partial charge on any atom is -0.481 e. The third-order valence-electron chi connectivity index (χ3n) is 7.24. The van der Waals surface area contributed by atoms with Gasteiger partial charge in [-0.05, 0) is 42.5 Å². The van der Waals surface area contributed by atoms with Gasteiger partial charge in [-0.15, -0.1) is 0 Å². The van der Waals surface area contributed by atoms with Crippen molar-refractivity contribution in [2.75, 3.05) is 4.90 Å². The number of aromatic amines is 1. The van der Waals surface area contributed by atoms with E-state index in [2.05, 4.69) is 31.4 Å². The first-order valence-corrected chi connectivity index (χ1v) is 13.3. The molecule has 3 heterocycles. The van der Waals surface area contributed by atoms with E-state index < -0.39 is 41.8 Å². The Labute approximate surface area is 234 Å². The molecule has 3 aromatic rings. The zero-order valence-corrected chi connectivity index (χ0v) is 22.0. The Balaban J connectivity index is 1.34. The molecule has 0 aliphatic carbocycles. The summed E-state index contributed by atoms with van der Waals surface area (Å²) in [5.41, 5.74) is 3.27. The van der Waals surface area contributed by atoms with E-state index in [1.54, 1.807) is 30.3 Å². The fourth-order valence-corrected chi connectivity index (χ4v) is 5.22. The van der Waals surface area contributed by atoms with Gasteiger partial charge in [0.15, 0.2) is 0 Å². The molecule has 5 N–H and O–H groups in total. The molecular formula is C28H29N7O6. The van der Waals surface area contributed by atoms with Gasteiger partial charge in [0.05, 0.1) is 18.4 Å². The maximum Gasteiger partial charge on any atom is 0.303 e. The van der Waals surface area contributed by atoms with Gasteiger partial charge in [-0.1, -0.05) is 36.4 Å². The van der Waals surface area contributed by atoms with Crippen molar-refractivity contribution in [3.63, 3.8) is 0 Å². The zero-order chi connectivity index (χ0) is 28.9. The standard InChI is InChI=1S/C28H29N7O6/c36-23(37)12-11-20(31-25(38)17-5-2-1-3-6-17)26(39)32-21-10-9-16-7-4-8-18-13-22(35(24(16)18)28(21)41)27(40)29-14-19-15-30-34-33-19/h1-8,15,20-22H,9-14H2,(H,29,40)(H,31,38)(H,32,39)(H,36,37)(H,30,33,34)/t20-,21-,22-/m0/s1. The van der Waals surface area contributed by atoms with Crippen LogP contribution in [0.3, 0.4) is 0 Å². The number of anilines is 1. The van der Waals surface area contributed by atoms with Crippen molar-refractivity contribution in [2.45, 2.75) is 56.8 Å². The fourth-order valence-electron chi connectivity index (χ4n) is 5.22. The van der Waals surface area contributed by atoms with Crippen molar-refractivity contribution < 1.29 is 29.1 Å². The van der Waals surface area contributed by atoms with E-state index in [9.17, 15) is 29.1 Å². The minimum absolute atomic E-state index is 0.129. The molecule has 0 fully saturated rings. The van der Waals surface area contributed by atoms with Crippen LogP contribution in [-0.2, 0) is 38.6 Å². The number of rotatable bonds is 10. The number of hydrogen-bond donors (Lipinski definition) is 5. The number of aliphatic carboxylic acids is 1. The first-order valence-electron chi connectivity index (χ1n) is 13.3. The first kappa shape index (κ1) is 27.5. The molecule has 0 bridgehead atoms. The third-order valence-corrected chi connectivity index (χ3v) is 7.24. The van der Waals surface area contributed by atoms with E-state index in [1.165, 1.54) is 11.1 Å². The minimum atomic E-state index is -1.19. The molecule has 0 saturated carbocycles. The van der Waals surface area contributed by atoms with E-state index in [1.807, 2.05) is 18.2 Å². The van der Waals surface area contributed by atoms with Crippen LogP contribution in [0.1, 0.15) is 46.4 Å². The summed E-state index contributed by atoms with van der Waals surface area (Å²) in [6.45, 7) is 0.129. The van der Waals surface area contributed by atoms with Crippen LogP contribution in [0.2, 0.25) is 0 Å². The van der Waals surface area contributed by atoms with Crippen molar-refractivity contribution in [1.82, 2.24) is 31.4 Å². The van der Waals surface area contributed by atoms with Crippen LogP contribution in [0.5, 0.6) is 0 Å². The maximum atomic E-state index is 13.9. The van der Waals surface area contributed by atoms with Crippen molar-refractivity contribution >= 4 is 35.3 Å². The van der Waals surface area contributed by atoms with E-state index in [-0.39, 0.29) is 31.7 Å². The molecule has 4 amide bonds. The van der Waals surface area contributed by atoms with E-state index in [0.29, 0.717) is 29.8 Å². The van der Waals surface area contributed by atoms with Crippen LogP contribution in [0, 0.1) is 0 Å². The van der Waals surface area contributed by atoms with Gasteiger partial charge in [-0.3, -0.25) is 28.9 Å². The summed E-state index contributed by atoms with van der Waals surface area (Å²) in [6, 6.07) is 10.9. The van der Waals surface area contributed by atoms with Gasteiger partial charge < -0.3 is 21.1 Å². The molecule has 41 heavy (non-hydrogen) atoms. The summed E-state index contributed by atoms with van der Waals surface area (Å²) < 4.78 is 0. The zero-order valence-electron chi connectivity index (χ0n) is 22.0. The van der Waals surface area contributed by atoms with Crippen LogP contribution in [0.25, 0.3) is 0 Å². The lowest BCUT2D eigenvalue weighted by Crippen LogP contribution is -2.57. The van der Waals surface area contributed by atoms with Gasteiger partial charge in [0, 0.05) is 18.4 Å². The van der Waals surface area contributed by atoms with Crippen LogP contribution in [0.15, 0.2) is 54.7 Å². The van der Waals surface area contributed by atoms with Gasteiger partial charge in [-0.25, -0.2) is 0 Å². The predicted molar refractivity (Wildman–Crippen MR) is 144 cm³/mol. The number of nitrogens with one attached hydrogen (secondary N) is 4. The lowest BCUT2D eigenvalue weighted by atomic mass is 10.0. The largest absolute Gasteiger partial charge is 0.481 e. The quantitative estimate of drug-likeness (QED) is 0.237. The van der Waals surface area contributed by atoms with E-state index in [0.717, 1.165) is 11.1 Å². The van der Waals surface area contributed by atoms with Crippen molar-refractivity contribution in [3.05, 3.63) is 77.1 Å². The van der Waals surface area contributed by atoms with Gasteiger partial charge in [0.25, 0.3) is 5.91 Å². The van der Waals surface area contributed by atoms with Gasteiger partial charge >= 0.3 is 5.97 Å². The second kappa shape index (κ2) is 12.0. The molecule has 2 aliphatic rings. The summed E-state index contributed by atoms with van der Waals surface area (Å²) in [4.78, 5) is 66.0. The van der Waals surface area contributed by atoms with Gasteiger partial charge in [0.2, 0.25) is 17.7 Å². The number of aromatic nitrogens is 3. The highest BCUT2D eigenvalue weighted by atomic mass is 16.4. The second-order valence-corrected chi connectivity index (χ2v) is 9.96. The second-order valence-electron chi connectivity index (χ2n) is 9.96. The molecule has 13 heteroatoms. The molecule has 2 aliphatic heterocycles. The van der Waals surface area contributed by atoms with Crippen molar-refractivity contribution in [2.24, 2.45) is 0 Å². The Hall–Kier alpha value is -5.07. The number of nitrogens with zero attached hydrogens (tertiary/aromatic N) is 3. The lowest BCUT2D eigenvalue weighted by Gasteiger charge is -2.28. The highest BCUT2D eigenvalue weighted by Gasteiger charge is 2.44. The topological polar surface area (TPSA) is 186 Å². The monoisotopic (exact) mass is 559 g/mol. The summed E-state index contributed by atoms with van der Waals surface area (Å²) in [5, 5.41) is 27.5. The SMILES string of the molecule is O=C(O)CC[C@H](NC(=O)c1ccccc1)C(=O)N[C@H]1CCc2cccc3c2N(C1=O)[C@H](C(=O)NCc1cn[nH]n1)C3. The number of hydrogen-bond acceptors (Lipinski definition) is 7. The Bertz CT molecular complexity index is 1460. The molecule has 0 spiro atoms. The van der Waals surface area contributed by atoms with Gasteiger partial charge in [0.1, 0.15) is 23.8 Å². The van der Waals surface area contributed by atoms with Crippen LogP contribution < -0.4 is 20.9 Å². The molecule has 0 saturated heterocycles. The molecule has 2 aromatic carbocycles. The fraction of sp³-hybridized carbons (Fsp3) is 0.321. The Morgan fingerprint density at radius 3 is 2.59 bits per heavy atom. The van der Waals surface area contributed by atoms with E-state index >= 15 is 0 Å².